The summed E-state index contributed by atoms with van der Waals surface area (Å²) in [6.45, 7) is 0. The first-order valence-corrected chi connectivity index (χ1v) is 6.16. The maximum absolute atomic E-state index is 12.8. The molecular weight excluding hydrogens is 348 g/mol. The van der Waals surface area contributed by atoms with E-state index in [1.54, 1.807) is 5.32 Å². The van der Waals surface area contributed by atoms with Crippen LogP contribution in [0.25, 0.3) is 0 Å². The third-order valence-corrected chi connectivity index (χ3v) is 2.91. The molecule has 1 aromatic carbocycles. The summed E-state index contributed by atoms with van der Waals surface area (Å²) in [5.74, 6) is -3.81. The highest BCUT2D eigenvalue weighted by Gasteiger charge is 2.61. The molecule has 0 unspecified atom stereocenters. The number of esters is 1. The number of amides is 1. The quantitative estimate of drug-likeness (QED) is 0.640. The number of hydrogen-bond donors (Lipinski definition) is 2. The van der Waals surface area contributed by atoms with Crippen LogP contribution in [0.15, 0.2) is 24.3 Å². The fourth-order valence-electron chi connectivity index (χ4n) is 1.72. The highest BCUT2D eigenvalue weighted by Crippen LogP contribution is 2.36. The van der Waals surface area contributed by atoms with Crippen molar-refractivity contribution in [1.29, 1.82) is 0 Å². The van der Waals surface area contributed by atoms with Crippen LogP contribution in [0, 0.1) is 0 Å². The number of ether oxygens (including phenoxy) is 1. The number of carbonyl (C=O) groups is 2. The molecular formula is C13H11F6NO4. The summed E-state index contributed by atoms with van der Waals surface area (Å²) in [5.41, 5.74) is -6.30. The summed E-state index contributed by atoms with van der Waals surface area (Å²) < 4.78 is 80.5. The molecule has 134 valence electrons. The van der Waals surface area contributed by atoms with Gasteiger partial charge in [0, 0.05) is 0 Å². The lowest BCUT2D eigenvalue weighted by molar-refractivity contribution is -0.261. The van der Waals surface area contributed by atoms with Crippen molar-refractivity contribution in [1.82, 2.24) is 0 Å². The van der Waals surface area contributed by atoms with Gasteiger partial charge in [-0.25, -0.2) is 4.79 Å². The molecule has 1 atom stereocenters. The van der Waals surface area contributed by atoms with Crippen LogP contribution in [0.3, 0.4) is 0 Å². The maximum Gasteiger partial charge on any atom is 0.428 e. The van der Waals surface area contributed by atoms with Crippen LogP contribution in [0.4, 0.5) is 32.0 Å². The highest BCUT2D eigenvalue weighted by atomic mass is 19.4. The molecule has 0 aliphatic heterocycles. The van der Waals surface area contributed by atoms with Gasteiger partial charge in [-0.1, -0.05) is 12.1 Å². The number of carbonyl (C=O) groups excluding carboxylic acids is 2. The Labute approximate surface area is 131 Å². The first kappa shape index (κ1) is 19.7. The van der Waals surface area contributed by atoms with Gasteiger partial charge in [0.15, 0.2) is 0 Å². The number of nitrogens with one attached hydrogen (secondary N) is 1. The van der Waals surface area contributed by atoms with Crippen LogP contribution in [-0.2, 0) is 20.5 Å². The molecule has 0 saturated carbocycles. The number of para-hydroxylation sites is 1. The summed E-state index contributed by atoms with van der Waals surface area (Å²) in [5, 5.41) is 11.0. The van der Waals surface area contributed by atoms with E-state index < -0.39 is 47.5 Å². The van der Waals surface area contributed by atoms with Gasteiger partial charge in [0.1, 0.15) is 0 Å². The average molecular weight is 359 g/mol. The van der Waals surface area contributed by atoms with Gasteiger partial charge in [-0.2, -0.15) is 26.3 Å². The minimum absolute atomic E-state index is 0.551. The van der Waals surface area contributed by atoms with Crippen molar-refractivity contribution < 1.29 is 45.8 Å². The third kappa shape index (κ3) is 4.16. The van der Waals surface area contributed by atoms with E-state index in [4.69, 9.17) is 0 Å². The first-order valence-electron chi connectivity index (χ1n) is 6.16. The van der Waals surface area contributed by atoms with Gasteiger partial charge >= 0.3 is 18.3 Å². The predicted molar refractivity (Wildman–Crippen MR) is 67.7 cm³/mol. The van der Waals surface area contributed by atoms with Crippen LogP contribution in [-0.4, -0.2) is 35.9 Å². The Kier molecular flexibility index (Phi) is 5.49. The van der Waals surface area contributed by atoms with Crippen molar-refractivity contribution in [2.45, 2.75) is 24.4 Å². The average Bonchev–Trinajstić information content (AvgIpc) is 2.44. The second-order valence-electron chi connectivity index (χ2n) is 4.62. The van der Waals surface area contributed by atoms with Crippen molar-refractivity contribution >= 4 is 17.6 Å². The zero-order valence-corrected chi connectivity index (χ0v) is 12.0. The Morgan fingerprint density at radius 3 is 2.12 bits per heavy atom. The molecule has 0 saturated heterocycles. The summed E-state index contributed by atoms with van der Waals surface area (Å²) in [6.07, 6.45) is -12.3. The largest absolute Gasteiger partial charge is 0.467 e. The second-order valence-corrected chi connectivity index (χ2v) is 4.62. The van der Waals surface area contributed by atoms with Crippen LogP contribution in [0.2, 0.25) is 0 Å². The predicted octanol–water partition coefficient (Wildman–Crippen LogP) is 2.50. The fourth-order valence-corrected chi connectivity index (χ4v) is 1.72. The van der Waals surface area contributed by atoms with Gasteiger partial charge in [-0.05, 0) is 12.1 Å². The lowest BCUT2D eigenvalue weighted by atomic mass is 9.98. The van der Waals surface area contributed by atoms with E-state index in [2.05, 4.69) is 4.74 Å². The number of halogens is 6. The zero-order valence-electron chi connectivity index (χ0n) is 12.0. The molecule has 0 bridgehead atoms. The molecule has 24 heavy (non-hydrogen) atoms. The van der Waals surface area contributed by atoms with Crippen LogP contribution >= 0.6 is 0 Å². The number of hydrogen-bond acceptors (Lipinski definition) is 4. The molecule has 2 N–H and O–H groups in total. The van der Waals surface area contributed by atoms with E-state index in [9.17, 15) is 41.0 Å². The van der Waals surface area contributed by atoms with Crippen molar-refractivity contribution in [2.24, 2.45) is 0 Å². The van der Waals surface area contributed by atoms with Crippen molar-refractivity contribution in [3.8, 4) is 0 Å². The van der Waals surface area contributed by atoms with Crippen LogP contribution < -0.4 is 5.32 Å². The van der Waals surface area contributed by atoms with Crippen molar-refractivity contribution in [3.05, 3.63) is 29.8 Å². The number of methoxy groups -OCH3 is 1. The van der Waals surface area contributed by atoms with E-state index in [1.165, 1.54) is 0 Å². The van der Waals surface area contributed by atoms with E-state index in [0.29, 0.717) is 13.2 Å². The number of anilines is 1. The van der Waals surface area contributed by atoms with Gasteiger partial charge in [-0.15, -0.1) is 0 Å². The van der Waals surface area contributed by atoms with Crippen molar-refractivity contribution in [2.75, 3.05) is 12.4 Å². The summed E-state index contributed by atoms with van der Waals surface area (Å²) in [4.78, 5) is 22.8. The van der Waals surface area contributed by atoms with E-state index in [1.807, 2.05) is 0 Å². The molecule has 0 fully saturated rings. The molecule has 1 amide bonds. The number of aliphatic hydroxyl groups is 1. The number of alkyl halides is 6. The Bertz CT molecular complexity index is 628. The Hall–Kier alpha value is -2.30. The normalized spacial score (nSPS) is 14.7. The third-order valence-electron chi connectivity index (χ3n) is 2.91. The van der Waals surface area contributed by atoms with Crippen LogP contribution in [0.1, 0.15) is 12.0 Å². The SMILES string of the molecule is COC(=O)[C@](O)(CC(=O)Nc1ccccc1C(F)(F)F)C(F)(F)F. The maximum atomic E-state index is 12.8. The molecule has 1 rings (SSSR count). The topological polar surface area (TPSA) is 75.6 Å². The fraction of sp³-hybridized carbons (Fsp3) is 0.385. The summed E-state index contributed by atoms with van der Waals surface area (Å²) in [7, 11) is 0.551. The number of rotatable bonds is 4. The first-order chi connectivity index (χ1) is 10.8. The monoisotopic (exact) mass is 359 g/mol. The standard InChI is InChI=1S/C13H11F6NO4/c1-24-10(22)11(23,13(17,18)19)6-9(21)20-8-5-3-2-4-7(8)12(14,15)16/h2-5,23H,6H2,1H3,(H,20,21)/t11-/m1/s1. The van der Waals surface area contributed by atoms with Gasteiger partial charge in [-0.3, -0.25) is 4.79 Å². The molecule has 0 spiro atoms. The Balaban J connectivity index is 3.07. The molecule has 11 heteroatoms. The summed E-state index contributed by atoms with van der Waals surface area (Å²) >= 11 is 0. The number of benzene rings is 1. The van der Waals surface area contributed by atoms with Crippen LogP contribution in [0.5, 0.6) is 0 Å². The van der Waals surface area contributed by atoms with Crippen molar-refractivity contribution in [3.63, 3.8) is 0 Å². The molecule has 0 heterocycles. The molecule has 0 aromatic heterocycles. The highest BCUT2D eigenvalue weighted by molar-refractivity contribution is 5.96. The summed E-state index contributed by atoms with van der Waals surface area (Å²) in [6, 6.07) is 3.54. The van der Waals surface area contributed by atoms with E-state index in [0.717, 1.165) is 18.2 Å². The van der Waals surface area contributed by atoms with Gasteiger partial charge in [0.25, 0.3) is 5.60 Å². The lowest BCUT2D eigenvalue weighted by Crippen LogP contribution is -2.54. The second kappa shape index (κ2) is 6.67. The van der Waals surface area contributed by atoms with E-state index in [-0.39, 0.29) is 0 Å². The Morgan fingerprint density at radius 1 is 1.12 bits per heavy atom. The Morgan fingerprint density at radius 2 is 1.67 bits per heavy atom. The molecule has 1 aromatic rings. The van der Waals surface area contributed by atoms with Gasteiger partial charge in [0.2, 0.25) is 5.91 Å². The molecule has 0 aliphatic rings. The van der Waals surface area contributed by atoms with Gasteiger partial charge < -0.3 is 15.2 Å². The molecule has 0 radical (unpaired) electrons. The molecule has 0 aliphatic carbocycles. The minimum Gasteiger partial charge on any atom is -0.467 e. The van der Waals surface area contributed by atoms with E-state index >= 15 is 0 Å². The lowest BCUT2D eigenvalue weighted by Gasteiger charge is -2.27. The zero-order chi connectivity index (χ0) is 18.8. The molecule has 5 nitrogen and oxygen atoms in total. The smallest absolute Gasteiger partial charge is 0.428 e. The van der Waals surface area contributed by atoms with Gasteiger partial charge in [0.05, 0.1) is 24.8 Å². The minimum atomic E-state index is -5.57.